The number of fused-ring (bicyclic) bond motifs is 1. The van der Waals surface area contributed by atoms with Crippen LogP contribution in [0.2, 0.25) is 0 Å². The maximum absolute atomic E-state index is 12.1. The van der Waals surface area contributed by atoms with Crippen molar-refractivity contribution in [2.45, 2.75) is 32.2 Å². The van der Waals surface area contributed by atoms with Crippen molar-refractivity contribution in [3.05, 3.63) is 21.9 Å². The summed E-state index contributed by atoms with van der Waals surface area (Å²) in [5, 5.41) is 13.4. The predicted molar refractivity (Wildman–Crippen MR) is 73.4 cm³/mol. The van der Waals surface area contributed by atoms with E-state index in [9.17, 15) is 9.59 Å². The highest BCUT2D eigenvalue weighted by Crippen LogP contribution is 2.32. The Morgan fingerprint density at radius 2 is 2.37 bits per heavy atom. The van der Waals surface area contributed by atoms with E-state index in [1.54, 1.807) is 11.3 Å². The number of carboxylic acid groups (broad SMARTS) is 1. The first-order valence-electron chi connectivity index (χ1n) is 6.42. The molecule has 6 heteroatoms. The lowest BCUT2D eigenvalue weighted by Gasteiger charge is -2.33. The first-order valence-corrected chi connectivity index (χ1v) is 7.30. The molecule has 104 valence electrons. The molecule has 2 rings (SSSR count). The summed E-state index contributed by atoms with van der Waals surface area (Å²) in [7, 11) is 0. The lowest BCUT2D eigenvalue weighted by Crippen LogP contribution is -2.44. The summed E-state index contributed by atoms with van der Waals surface area (Å²) >= 11 is 1.74. The summed E-state index contributed by atoms with van der Waals surface area (Å²) in [5.41, 5.74) is 1.23. The maximum atomic E-state index is 12.1. The Labute approximate surface area is 116 Å². The van der Waals surface area contributed by atoms with E-state index in [4.69, 9.17) is 5.11 Å². The second-order valence-corrected chi connectivity index (χ2v) is 5.65. The molecule has 1 aromatic rings. The topological polar surface area (TPSA) is 69.6 Å². The standard InChI is InChI=1S/C13H18N2O3S/c1-9-10-5-8-19-11(10)4-7-15(9)13(18)14-6-2-3-12(16)17/h5,8-9H,2-4,6-7H2,1H3,(H,14,18)(H,16,17). The van der Waals surface area contributed by atoms with Gasteiger partial charge in [-0.25, -0.2) is 4.79 Å². The van der Waals surface area contributed by atoms with Crippen LogP contribution in [-0.2, 0) is 11.2 Å². The zero-order valence-electron chi connectivity index (χ0n) is 10.9. The SMILES string of the molecule is CC1c2ccsc2CCN1C(=O)NCCCC(=O)O. The highest BCUT2D eigenvalue weighted by atomic mass is 32.1. The molecule has 1 atom stereocenters. The minimum absolute atomic E-state index is 0.0878. The number of hydrogen-bond donors (Lipinski definition) is 2. The Bertz CT molecular complexity index is 472. The highest BCUT2D eigenvalue weighted by Gasteiger charge is 2.27. The first-order chi connectivity index (χ1) is 9.09. The zero-order chi connectivity index (χ0) is 13.8. The molecule has 2 N–H and O–H groups in total. The summed E-state index contributed by atoms with van der Waals surface area (Å²) in [6.45, 7) is 3.16. The van der Waals surface area contributed by atoms with Gasteiger partial charge in [0.15, 0.2) is 0 Å². The zero-order valence-corrected chi connectivity index (χ0v) is 11.7. The Morgan fingerprint density at radius 3 is 3.11 bits per heavy atom. The normalized spacial score (nSPS) is 17.9. The molecule has 2 amide bonds. The number of rotatable bonds is 4. The molecule has 1 aliphatic rings. The molecule has 0 saturated carbocycles. The van der Waals surface area contributed by atoms with Crippen LogP contribution in [0.3, 0.4) is 0 Å². The van der Waals surface area contributed by atoms with E-state index in [1.165, 1.54) is 10.4 Å². The quantitative estimate of drug-likeness (QED) is 0.832. The highest BCUT2D eigenvalue weighted by molar-refractivity contribution is 7.10. The molecule has 1 aliphatic heterocycles. The van der Waals surface area contributed by atoms with Crippen LogP contribution in [0.25, 0.3) is 0 Å². The van der Waals surface area contributed by atoms with Crippen LogP contribution in [-0.4, -0.2) is 35.1 Å². The summed E-state index contributed by atoms with van der Waals surface area (Å²) in [4.78, 5) is 25.6. The number of amides is 2. The van der Waals surface area contributed by atoms with Crippen molar-refractivity contribution >= 4 is 23.3 Å². The summed E-state index contributed by atoms with van der Waals surface area (Å²) in [5.74, 6) is -0.830. The van der Waals surface area contributed by atoms with Crippen molar-refractivity contribution in [2.75, 3.05) is 13.1 Å². The smallest absolute Gasteiger partial charge is 0.317 e. The van der Waals surface area contributed by atoms with Crippen LogP contribution < -0.4 is 5.32 Å². The van der Waals surface area contributed by atoms with E-state index in [-0.39, 0.29) is 18.5 Å². The van der Waals surface area contributed by atoms with Gasteiger partial charge in [0.1, 0.15) is 0 Å². The maximum Gasteiger partial charge on any atom is 0.317 e. The fourth-order valence-electron chi connectivity index (χ4n) is 2.32. The molecule has 0 aromatic carbocycles. The van der Waals surface area contributed by atoms with Gasteiger partial charge in [-0.3, -0.25) is 4.79 Å². The number of nitrogens with zero attached hydrogens (tertiary/aromatic N) is 1. The van der Waals surface area contributed by atoms with Crippen molar-refractivity contribution in [3.8, 4) is 0 Å². The van der Waals surface area contributed by atoms with Crippen molar-refractivity contribution in [1.82, 2.24) is 10.2 Å². The fraction of sp³-hybridized carbons (Fsp3) is 0.538. The number of hydrogen-bond acceptors (Lipinski definition) is 3. The molecule has 19 heavy (non-hydrogen) atoms. The number of carboxylic acids is 1. The third kappa shape index (κ3) is 3.26. The van der Waals surface area contributed by atoms with Gasteiger partial charge in [-0.1, -0.05) is 0 Å². The monoisotopic (exact) mass is 282 g/mol. The number of aliphatic carboxylic acids is 1. The van der Waals surface area contributed by atoms with E-state index in [1.807, 2.05) is 11.8 Å². The third-order valence-corrected chi connectivity index (χ3v) is 4.38. The van der Waals surface area contributed by atoms with Gasteiger partial charge in [0, 0.05) is 24.4 Å². The van der Waals surface area contributed by atoms with E-state index in [0.717, 1.165) is 13.0 Å². The van der Waals surface area contributed by atoms with Crippen molar-refractivity contribution in [1.29, 1.82) is 0 Å². The Hall–Kier alpha value is -1.56. The molecule has 5 nitrogen and oxygen atoms in total. The van der Waals surface area contributed by atoms with Gasteiger partial charge < -0.3 is 15.3 Å². The van der Waals surface area contributed by atoms with Crippen molar-refractivity contribution < 1.29 is 14.7 Å². The second kappa shape index (κ2) is 6.06. The molecule has 0 spiro atoms. The Balaban J connectivity index is 1.85. The van der Waals surface area contributed by atoms with Gasteiger partial charge >= 0.3 is 12.0 Å². The lowest BCUT2D eigenvalue weighted by atomic mass is 10.0. The van der Waals surface area contributed by atoms with Crippen LogP contribution in [0.15, 0.2) is 11.4 Å². The van der Waals surface area contributed by atoms with Gasteiger partial charge in [0.05, 0.1) is 6.04 Å². The van der Waals surface area contributed by atoms with Gasteiger partial charge in [-0.2, -0.15) is 0 Å². The van der Waals surface area contributed by atoms with E-state index in [2.05, 4.69) is 16.8 Å². The van der Waals surface area contributed by atoms with E-state index >= 15 is 0 Å². The average Bonchev–Trinajstić information content (AvgIpc) is 2.83. The predicted octanol–water partition coefficient (Wildman–Crippen LogP) is 2.24. The molecule has 0 aliphatic carbocycles. The number of thiophene rings is 1. The molecule has 1 aromatic heterocycles. The van der Waals surface area contributed by atoms with Gasteiger partial charge in [0.2, 0.25) is 0 Å². The Kier molecular flexibility index (Phi) is 4.42. The van der Waals surface area contributed by atoms with E-state index in [0.29, 0.717) is 13.0 Å². The minimum Gasteiger partial charge on any atom is -0.481 e. The van der Waals surface area contributed by atoms with Crippen LogP contribution in [0, 0.1) is 0 Å². The van der Waals surface area contributed by atoms with Crippen molar-refractivity contribution in [3.63, 3.8) is 0 Å². The fourth-order valence-corrected chi connectivity index (χ4v) is 3.29. The summed E-state index contributed by atoms with van der Waals surface area (Å²) < 4.78 is 0. The largest absolute Gasteiger partial charge is 0.481 e. The average molecular weight is 282 g/mol. The molecule has 0 saturated heterocycles. The van der Waals surface area contributed by atoms with Gasteiger partial charge in [-0.05, 0) is 36.8 Å². The lowest BCUT2D eigenvalue weighted by molar-refractivity contribution is -0.137. The molecule has 0 bridgehead atoms. The van der Waals surface area contributed by atoms with Crippen LogP contribution >= 0.6 is 11.3 Å². The van der Waals surface area contributed by atoms with Crippen LogP contribution in [0.1, 0.15) is 36.2 Å². The number of carbonyl (C=O) groups is 2. The molecule has 1 unspecified atom stereocenters. The van der Waals surface area contributed by atoms with E-state index < -0.39 is 5.97 Å². The molecule has 0 fully saturated rings. The van der Waals surface area contributed by atoms with Crippen molar-refractivity contribution in [2.24, 2.45) is 0 Å². The molecular weight excluding hydrogens is 264 g/mol. The third-order valence-electron chi connectivity index (χ3n) is 3.38. The Morgan fingerprint density at radius 1 is 1.58 bits per heavy atom. The second-order valence-electron chi connectivity index (χ2n) is 4.65. The summed E-state index contributed by atoms with van der Waals surface area (Å²) in [6.07, 6.45) is 1.46. The number of carbonyl (C=O) groups excluding carboxylic acids is 1. The first kappa shape index (κ1) is 13.9. The molecule has 0 radical (unpaired) electrons. The van der Waals surface area contributed by atoms with Gasteiger partial charge in [0.25, 0.3) is 0 Å². The molecular formula is C13H18N2O3S. The number of nitrogens with one attached hydrogen (secondary N) is 1. The molecule has 2 heterocycles. The summed E-state index contributed by atoms with van der Waals surface area (Å²) in [6, 6.07) is 2.07. The van der Waals surface area contributed by atoms with Crippen LogP contribution in [0.5, 0.6) is 0 Å². The minimum atomic E-state index is -0.830. The number of urea groups is 1. The van der Waals surface area contributed by atoms with Gasteiger partial charge in [-0.15, -0.1) is 11.3 Å². The van der Waals surface area contributed by atoms with Crippen LogP contribution in [0.4, 0.5) is 4.79 Å².